The highest BCUT2D eigenvalue weighted by molar-refractivity contribution is 7.99. The zero-order chi connectivity index (χ0) is 24.4. The molecule has 0 heterocycles. The summed E-state index contributed by atoms with van der Waals surface area (Å²) in [6, 6.07) is 11.4. The predicted octanol–water partition coefficient (Wildman–Crippen LogP) is 4.69. The second-order valence-corrected chi connectivity index (χ2v) is 8.79. The molecular weight excluding hydrogens is 445 g/mol. The van der Waals surface area contributed by atoms with Gasteiger partial charge in [-0.1, -0.05) is 38.1 Å². The van der Waals surface area contributed by atoms with Gasteiger partial charge >= 0.3 is 0 Å². The fraction of sp³-hybridized carbons (Fsp3) is 0.417. The van der Waals surface area contributed by atoms with E-state index in [-0.39, 0.29) is 41.7 Å². The van der Waals surface area contributed by atoms with E-state index in [9.17, 15) is 24.1 Å². The van der Waals surface area contributed by atoms with Gasteiger partial charge in [0.05, 0.1) is 10.7 Å². The quantitative estimate of drug-likeness (QED) is 0.355. The molecule has 1 N–H and O–H groups in total. The first-order valence-corrected chi connectivity index (χ1v) is 12.1. The van der Waals surface area contributed by atoms with Crippen molar-refractivity contribution in [1.82, 2.24) is 10.2 Å². The summed E-state index contributed by atoms with van der Waals surface area (Å²) in [5.74, 6) is -0.119. The second-order valence-electron chi connectivity index (χ2n) is 7.81. The van der Waals surface area contributed by atoms with Crippen LogP contribution in [0.15, 0.2) is 48.5 Å². The van der Waals surface area contributed by atoms with Crippen molar-refractivity contribution in [2.45, 2.75) is 58.0 Å². The lowest BCUT2D eigenvalue weighted by molar-refractivity contribution is -0.384. The van der Waals surface area contributed by atoms with Crippen LogP contribution in [0.2, 0.25) is 0 Å². The molecule has 7 nitrogen and oxygen atoms in total. The molecule has 0 radical (unpaired) electrons. The number of benzene rings is 2. The largest absolute Gasteiger partial charge is 0.352 e. The Morgan fingerprint density at radius 3 is 2.21 bits per heavy atom. The number of non-ortho nitro benzene ring substituents is 1. The van der Waals surface area contributed by atoms with Crippen molar-refractivity contribution in [3.63, 3.8) is 0 Å². The minimum Gasteiger partial charge on any atom is -0.352 e. The Bertz CT molecular complexity index is 938. The maximum absolute atomic E-state index is 13.3. The first kappa shape index (κ1) is 26.3. The third-order valence-electron chi connectivity index (χ3n) is 5.29. The number of rotatable bonds is 12. The van der Waals surface area contributed by atoms with Crippen molar-refractivity contribution in [2.24, 2.45) is 0 Å². The Balaban J connectivity index is 2.11. The summed E-state index contributed by atoms with van der Waals surface area (Å²) in [7, 11) is 0. The first-order chi connectivity index (χ1) is 15.7. The summed E-state index contributed by atoms with van der Waals surface area (Å²) in [5.41, 5.74) is 1.62. The van der Waals surface area contributed by atoms with Gasteiger partial charge in [0.2, 0.25) is 11.8 Å². The molecule has 2 amide bonds. The number of hydrogen-bond donors (Lipinski definition) is 1. The highest BCUT2D eigenvalue weighted by Gasteiger charge is 2.29. The molecule has 178 valence electrons. The molecule has 0 saturated heterocycles. The maximum atomic E-state index is 13.3. The van der Waals surface area contributed by atoms with Gasteiger partial charge < -0.3 is 10.2 Å². The molecule has 0 aliphatic rings. The third-order valence-corrected chi connectivity index (χ3v) is 6.28. The fourth-order valence-corrected chi connectivity index (χ4v) is 4.07. The van der Waals surface area contributed by atoms with E-state index in [1.807, 2.05) is 20.8 Å². The van der Waals surface area contributed by atoms with Gasteiger partial charge in [0.15, 0.2) is 0 Å². The molecule has 0 bridgehead atoms. The number of carbonyl (C=O) groups excluding carboxylic acids is 2. The second kappa shape index (κ2) is 12.9. The number of thioether (sulfide) groups is 1. The van der Waals surface area contributed by atoms with E-state index in [4.69, 9.17) is 0 Å². The number of nitro benzene ring substituents is 1. The number of nitrogens with zero attached hydrogens (tertiary/aromatic N) is 2. The minimum atomic E-state index is -0.642. The van der Waals surface area contributed by atoms with Gasteiger partial charge in [-0.15, -0.1) is 11.8 Å². The average Bonchev–Trinajstić information content (AvgIpc) is 2.80. The molecule has 2 atom stereocenters. The summed E-state index contributed by atoms with van der Waals surface area (Å²) in [5, 5.41) is 13.7. The maximum Gasteiger partial charge on any atom is 0.269 e. The number of nitro groups is 1. The number of nitrogens with one attached hydrogen (secondary N) is 1. The van der Waals surface area contributed by atoms with E-state index in [1.165, 1.54) is 36.0 Å². The van der Waals surface area contributed by atoms with Crippen molar-refractivity contribution in [3.05, 3.63) is 75.6 Å². The molecule has 2 rings (SSSR count). The lowest BCUT2D eigenvalue weighted by atomic mass is 10.1. The molecule has 0 aromatic heterocycles. The van der Waals surface area contributed by atoms with Crippen LogP contribution in [-0.2, 0) is 21.9 Å². The van der Waals surface area contributed by atoms with Crippen LogP contribution in [0.3, 0.4) is 0 Å². The highest BCUT2D eigenvalue weighted by Crippen LogP contribution is 2.19. The van der Waals surface area contributed by atoms with E-state index in [0.717, 1.165) is 17.5 Å². The summed E-state index contributed by atoms with van der Waals surface area (Å²) in [6.07, 6.45) is 1.22. The Morgan fingerprint density at radius 1 is 1.06 bits per heavy atom. The topological polar surface area (TPSA) is 92.6 Å². The summed E-state index contributed by atoms with van der Waals surface area (Å²) >= 11 is 1.38. The van der Waals surface area contributed by atoms with E-state index in [1.54, 1.807) is 29.2 Å². The van der Waals surface area contributed by atoms with Gasteiger partial charge in [0.1, 0.15) is 11.9 Å². The Hall–Kier alpha value is -2.94. The van der Waals surface area contributed by atoms with E-state index in [0.29, 0.717) is 12.2 Å². The summed E-state index contributed by atoms with van der Waals surface area (Å²) in [4.78, 5) is 37.9. The van der Waals surface area contributed by atoms with Crippen LogP contribution in [0.1, 0.15) is 44.7 Å². The first-order valence-electron chi connectivity index (χ1n) is 10.9. The lowest BCUT2D eigenvalue weighted by Crippen LogP contribution is -2.51. The Morgan fingerprint density at radius 2 is 1.67 bits per heavy atom. The van der Waals surface area contributed by atoms with Gasteiger partial charge in [-0.3, -0.25) is 19.7 Å². The number of carbonyl (C=O) groups is 2. The van der Waals surface area contributed by atoms with Gasteiger partial charge in [-0.2, -0.15) is 0 Å². The Labute approximate surface area is 197 Å². The van der Waals surface area contributed by atoms with Crippen molar-refractivity contribution in [1.29, 1.82) is 0 Å². The van der Waals surface area contributed by atoms with Crippen molar-refractivity contribution in [3.8, 4) is 0 Å². The molecule has 2 aromatic carbocycles. The van der Waals surface area contributed by atoms with Crippen LogP contribution in [0, 0.1) is 15.9 Å². The molecule has 0 aliphatic carbocycles. The van der Waals surface area contributed by atoms with E-state index < -0.39 is 11.0 Å². The number of halogens is 1. The number of amides is 2. The molecule has 0 saturated carbocycles. The van der Waals surface area contributed by atoms with Crippen molar-refractivity contribution in [2.75, 3.05) is 5.75 Å². The van der Waals surface area contributed by atoms with E-state index in [2.05, 4.69) is 5.32 Å². The Kier molecular flexibility index (Phi) is 10.3. The van der Waals surface area contributed by atoms with Crippen LogP contribution in [0.4, 0.5) is 10.1 Å². The van der Waals surface area contributed by atoms with Crippen LogP contribution in [0.5, 0.6) is 0 Å². The van der Waals surface area contributed by atoms with Gasteiger partial charge in [-0.25, -0.2) is 4.39 Å². The molecule has 33 heavy (non-hydrogen) atoms. The lowest BCUT2D eigenvalue weighted by Gasteiger charge is -2.31. The molecule has 0 unspecified atom stereocenters. The SMILES string of the molecule is CC[C@H](C)NC(=O)[C@H](CC)N(Cc1ccc(F)cc1)C(=O)CSCc1ccc([N+](=O)[O-])cc1. The molecule has 9 heteroatoms. The predicted molar refractivity (Wildman–Crippen MR) is 128 cm³/mol. The van der Waals surface area contributed by atoms with Crippen LogP contribution in [-0.4, -0.2) is 39.5 Å². The average molecular weight is 476 g/mol. The zero-order valence-corrected chi connectivity index (χ0v) is 19.9. The van der Waals surface area contributed by atoms with E-state index >= 15 is 0 Å². The molecule has 0 spiro atoms. The molecule has 0 fully saturated rings. The minimum absolute atomic E-state index is 0.00849. The van der Waals surface area contributed by atoms with Crippen LogP contribution < -0.4 is 5.32 Å². The van der Waals surface area contributed by atoms with Gasteiger partial charge in [0.25, 0.3) is 5.69 Å². The molecule has 2 aromatic rings. The van der Waals surface area contributed by atoms with Gasteiger partial charge in [-0.05, 0) is 43.0 Å². The fourth-order valence-electron chi connectivity index (χ4n) is 3.20. The normalized spacial score (nSPS) is 12.6. The standard InChI is InChI=1S/C24H30FN3O4S/c1-4-17(3)26-24(30)22(5-2)27(14-18-6-10-20(25)11-7-18)23(29)16-33-15-19-8-12-21(13-9-19)28(31)32/h6-13,17,22H,4-5,14-16H2,1-3H3,(H,26,30)/t17-,22-/m0/s1. The summed E-state index contributed by atoms with van der Waals surface area (Å²) < 4.78 is 13.3. The van der Waals surface area contributed by atoms with Crippen molar-refractivity contribution >= 4 is 29.3 Å². The smallest absolute Gasteiger partial charge is 0.269 e. The zero-order valence-electron chi connectivity index (χ0n) is 19.1. The third kappa shape index (κ3) is 8.16. The van der Waals surface area contributed by atoms with Crippen molar-refractivity contribution < 1.29 is 18.9 Å². The van der Waals surface area contributed by atoms with Crippen LogP contribution in [0.25, 0.3) is 0 Å². The monoisotopic (exact) mass is 475 g/mol. The molecular formula is C24H30FN3O4S. The number of hydrogen-bond acceptors (Lipinski definition) is 5. The van der Waals surface area contributed by atoms with Crippen LogP contribution >= 0.6 is 11.8 Å². The molecule has 0 aliphatic heterocycles. The van der Waals surface area contributed by atoms with Gasteiger partial charge in [0, 0.05) is 30.5 Å². The summed E-state index contributed by atoms with van der Waals surface area (Å²) in [6.45, 7) is 5.94. The highest BCUT2D eigenvalue weighted by atomic mass is 32.2.